The first-order valence-corrected chi connectivity index (χ1v) is 9.02. The van der Waals surface area contributed by atoms with Crippen LogP contribution < -0.4 is 16.4 Å². The summed E-state index contributed by atoms with van der Waals surface area (Å²) in [5.41, 5.74) is 9.59. The van der Waals surface area contributed by atoms with E-state index in [2.05, 4.69) is 20.6 Å². The van der Waals surface area contributed by atoms with Crippen LogP contribution in [0.5, 0.6) is 0 Å². The normalized spacial score (nSPS) is 13.9. The van der Waals surface area contributed by atoms with Crippen LogP contribution >= 0.6 is 0 Å². The number of rotatable bonds is 4. The second-order valence-corrected chi connectivity index (χ2v) is 6.17. The monoisotopic (exact) mass is 363 g/mol. The number of hydrogen-bond acceptors (Lipinski definition) is 6. The molecule has 0 atom stereocenters. The van der Waals surface area contributed by atoms with Crippen molar-refractivity contribution in [2.75, 3.05) is 25.5 Å². The first kappa shape index (κ1) is 18.6. The third-order valence-electron chi connectivity index (χ3n) is 4.40. The number of pyridine rings is 2. The van der Waals surface area contributed by atoms with Gasteiger partial charge in [0.2, 0.25) is 0 Å². The molecule has 3 aromatic heterocycles. The van der Waals surface area contributed by atoms with Gasteiger partial charge in [0.1, 0.15) is 11.5 Å². The zero-order valence-corrected chi connectivity index (χ0v) is 15.4. The van der Waals surface area contributed by atoms with Gasteiger partial charge in [0.25, 0.3) is 0 Å². The molecule has 7 nitrogen and oxygen atoms in total. The molecule has 27 heavy (non-hydrogen) atoms. The van der Waals surface area contributed by atoms with E-state index in [1.54, 1.807) is 6.20 Å². The minimum Gasteiger partial charge on any atom is -0.404 e. The lowest BCUT2D eigenvalue weighted by Gasteiger charge is -2.06. The summed E-state index contributed by atoms with van der Waals surface area (Å²) in [6, 6.07) is 9.58. The SMILES string of the molecule is C1CCNC1.CNc1cccc(-c2cnc3ccc(/C(C=N)=C/N)cn23)n1. The Bertz CT molecular complexity index is 931. The number of imidazole rings is 1. The molecule has 0 unspecified atom stereocenters. The topological polar surface area (TPSA) is 104 Å². The van der Waals surface area contributed by atoms with E-state index in [4.69, 9.17) is 11.1 Å². The Hall–Kier alpha value is -3.19. The highest BCUT2D eigenvalue weighted by Gasteiger charge is 2.09. The molecule has 4 heterocycles. The first-order valence-electron chi connectivity index (χ1n) is 9.02. The molecular formula is C20H25N7. The largest absolute Gasteiger partial charge is 0.404 e. The second-order valence-electron chi connectivity index (χ2n) is 6.17. The summed E-state index contributed by atoms with van der Waals surface area (Å²) in [4.78, 5) is 8.94. The van der Waals surface area contributed by atoms with Gasteiger partial charge in [-0.05, 0) is 50.2 Å². The van der Waals surface area contributed by atoms with E-state index in [0.29, 0.717) is 5.57 Å². The van der Waals surface area contributed by atoms with Gasteiger partial charge in [-0.2, -0.15) is 0 Å². The van der Waals surface area contributed by atoms with Gasteiger partial charge in [-0.3, -0.25) is 4.40 Å². The van der Waals surface area contributed by atoms with Crippen LogP contribution in [0, 0.1) is 5.41 Å². The summed E-state index contributed by atoms with van der Waals surface area (Å²) < 4.78 is 1.95. The van der Waals surface area contributed by atoms with Crippen LogP contribution in [0.25, 0.3) is 22.6 Å². The average Bonchev–Trinajstić information content (AvgIpc) is 3.42. The van der Waals surface area contributed by atoms with Crippen LogP contribution in [0.2, 0.25) is 0 Å². The summed E-state index contributed by atoms with van der Waals surface area (Å²) in [5, 5.41) is 13.7. The van der Waals surface area contributed by atoms with Crippen molar-refractivity contribution in [3.05, 3.63) is 54.5 Å². The number of hydrogen-bond donors (Lipinski definition) is 4. The summed E-state index contributed by atoms with van der Waals surface area (Å²) in [5.74, 6) is 0.797. The summed E-state index contributed by atoms with van der Waals surface area (Å²) in [6.07, 6.45) is 9.13. The van der Waals surface area contributed by atoms with E-state index in [-0.39, 0.29) is 0 Å². The van der Waals surface area contributed by atoms with Gasteiger partial charge >= 0.3 is 0 Å². The number of allylic oxidation sites excluding steroid dienone is 1. The molecule has 1 fully saturated rings. The highest BCUT2D eigenvalue weighted by molar-refractivity contribution is 6.08. The van der Waals surface area contributed by atoms with E-state index in [9.17, 15) is 0 Å². The number of nitrogens with two attached hydrogens (primary N) is 1. The molecule has 0 aliphatic carbocycles. The zero-order chi connectivity index (χ0) is 19.1. The molecule has 0 aromatic carbocycles. The minimum absolute atomic E-state index is 0.651. The van der Waals surface area contributed by atoms with Crippen LogP contribution in [0.4, 0.5) is 5.82 Å². The molecule has 1 aliphatic rings. The molecular weight excluding hydrogens is 338 g/mol. The zero-order valence-electron chi connectivity index (χ0n) is 15.4. The van der Waals surface area contributed by atoms with Gasteiger partial charge < -0.3 is 21.8 Å². The standard InChI is InChI=1S/C16H16N6.C4H9N/c1-19-15-4-2-3-13(21-15)14-9-20-16-6-5-11(10-22(14)16)12(7-17)8-18;1-2-4-5-3-1/h2-10,17H,18H2,1H3,(H,19,21);5H,1-4H2/b12-8+,17-7?;. The van der Waals surface area contributed by atoms with Gasteiger partial charge in [-0.25, -0.2) is 9.97 Å². The lowest BCUT2D eigenvalue weighted by molar-refractivity contribution is 0.857. The Morgan fingerprint density at radius 1 is 1.26 bits per heavy atom. The Balaban J connectivity index is 0.000000364. The van der Waals surface area contributed by atoms with E-state index in [1.807, 2.05) is 48.0 Å². The van der Waals surface area contributed by atoms with Crippen molar-refractivity contribution >= 4 is 23.3 Å². The summed E-state index contributed by atoms with van der Waals surface area (Å²) >= 11 is 0. The smallest absolute Gasteiger partial charge is 0.137 e. The molecule has 0 bridgehead atoms. The van der Waals surface area contributed by atoms with Gasteiger partial charge in [-0.1, -0.05) is 6.07 Å². The van der Waals surface area contributed by atoms with Crippen LogP contribution in [-0.4, -0.2) is 40.7 Å². The highest BCUT2D eigenvalue weighted by Crippen LogP contribution is 2.22. The van der Waals surface area contributed by atoms with Crippen molar-refractivity contribution in [2.45, 2.75) is 12.8 Å². The molecule has 0 amide bonds. The predicted molar refractivity (Wildman–Crippen MR) is 111 cm³/mol. The number of fused-ring (bicyclic) bond motifs is 1. The Labute approximate surface area is 158 Å². The third kappa shape index (κ3) is 4.32. The Kier molecular flexibility index (Phi) is 6.17. The average molecular weight is 363 g/mol. The van der Waals surface area contributed by atoms with E-state index >= 15 is 0 Å². The van der Waals surface area contributed by atoms with Crippen molar-refractivity contribution in [1.82, 2.24) is 19.7 Å². The molecule has 0 saturated carbocycles. The minimum atomic E-state index is 0.651. The maximum atomic E-state index is 7.42. The van der Waals surface area contributed by atoms with Crippen molar-refractivity contribution in [3.8, 4) is 11.4 Å². The number of aromatic nitrogens is 3. The number of anilines is 1. The Morgan fingerprint density at radius 3 is 2.70 bits per heavy atom. The molecule has 5 N–H and O–H groups in total. The van der Waals surface area contributed by atoms with Crippen molar-refractivity contribution in [3.63, 3.8) is 0 Å². The number of nitrogens with one attached hydrogen (secondary N) is 3. The molecule has 1 saturated heterocycles. The molecule has 4 rings (SSSR count). The van der Waals surface area contributed by atoms with Crippen LogP contribution in [-0.2, 0) is 0 Å². The van der Waals surface area contributed by atoms with Gasteiger partial charge in [0.15, 0.2) is 0 Å². The fraction of sp³-hybridized carbons (Fsp3) is 0.250. The van der Waals surface area contributed by atoms with Crippen LogP contribution in [0.3, 0.4) is 0 Å². The Morgan fingerprint density at radius 2 is 2.07 bits per heavy atom. The maximum Gasteiger partial charge on any atom is 0.137 e. The van der Waals surface area contributed by atoms with Gasteiger partial charge in [-0.15, -0.1) is 0 Å². The summed E-state index contributed by atoms with van der Waals surface area (Å²) in [7, 11) is 1.83. The van der Waals surface area contributed by atoms with Crippen LogP contribution in [0.15, 0.2) is 48.9 Å². The van der Waals surface area contributed by atoms with Crippen molar-refractivity contribution in [2.24, 2.45) is 5.73 Å². The predicted octanol–water partition coefficient (Wildman–Crippen LogP) is 2.76. The fourth-order valence-electron chi connectivity index (χ4n) is 2.91. The van der Waals surface area contributed by atoms with Gasteiger partial charge in [0, 0.05) is 36.8 Å². The first-order chi connectivity index (χ1) is 13.3. The maximum absolute atomic E-state index is 7.42. The molecule has 0 spiro atoms. The molecule has 1 aliphatic heterocycles. The van der Waals surface area contributed by atoms with E-state index in [0.717, 1.165) is 28.4 Å². The molecule has 7 heteroatoms. The van der Waals surface area contributed by atoms with Crippen LogP contribution in [0.1, 0.15) is 18.4 Å². The van der Waals surface area contributed by atoms with E-state index < -0.39 is 0 Å². The summed E-state index contributed by atoms with van der Waals surface area (Å²) in [6.45, 7) is 2.50. The molecule has 0 radical (unpaired) electrons. The third-order valence-corrected chi connectivity index (χ3v) is 4.40. The quantitative estimate of drug-likeness (QED) is 0.534. The highest BCUT2D eigenvalue weighted by atomic mass is 15.0. The molecule has 140 valence electrons. The fourth-order valence-corrected chi connectivity index (χ4v) is 2.91. The second kappa shape index (κ2) is 8.95. The van der Waals surface area contributed by atoms with Crippen molar-refractivity contribution < 1.29 is 0 Å². The lowest BCUT2D eigenvalue weighted by Crippen LogP contribution is -2.03. The lowest BCUT2D eigenvalue weighted by atomic mass is 10.1. The van der Waals surface area contributed by atoms with Crippen molar-refractivity contribution in [1.29, 1.82) is 5.41 Å². The van der Waals surface area contributed by atoms with Gasteiger partial charge in [0.05, 0.1) is 17.6 Å². The van der Waals surface area contributed by atoms with E-state index in [1.165, 1.54) is 38.3 Å². The number of nitrogens with zero attached hydrogens (tertiary/aromatic N) is 3. The molecule has 3 aromatic rings.